The van der Waals surface area contributed by atoms with Gasteiger partial charge in [-0.2, -0.15) is 0 Å². The lowest BCUT2D eigenvalue weighted by molar-refractivity contribution is 0.603. The molecule has 0 saturated heterocycles. The Hall–Kier alpha value is -3.22. The molecule has 0 N–H and O–H groups in total. The standard InChI is InChI=1S/C24H10Cl2F4N2/c25-23-17(15-9-13(27)3-5-19(15)29)7-11-1-2-12-8-18(16-10-14(28)4-6-20(16)30)24(26)32-22(12)21(11)31-23/h1-10H. The summed E-state index contributed by atoms with van der Waals surface area (Å²) in [4.78, 5) is 8.69. The van der Waals surface area contributed by atoms with Crippen molar-refractivity contribution in [2.24, 2.45) is 0 Å². The summed E-state index contributed by atoms with van der Waals surface area (Å²) in [5.41, 5.74) is 1.16. The second kappa shape index (κ2) is 7.73. The van der Waals surface area contributed by atoms with Crippen molar-refractivity contribution in [3.05, 3.63) is 94.2 Å². The van der Waals surface area contributed by atoms with E-state index in [9.17, 15) is 17.6 Å². The Labute approximate surface area is 189 Å². The molecule has 0 aliphatic heterocycles. The molecule has 0 saturated carbocycles. The van der Waals surface area contributed by atoms with Crippen molar-refractivity contribution in [2.45, 2.75) is 0 Å². The SMILES string of the molecule is Fc1ccc(F)c(-c2cc3ccc4cc(-c5cc(F)ccc5F)c(Cl)nc4c3nc2Cl)c1. The third-order valence-corrected chi connectivity index (χ3v) is 5.69. The molecule has 0 aliphatic carbocycles. The number of halogens is 6. The predicted octanol–water partition coefficient (Wildman–Crippen LogP) is 7.98. The highest BCUT2D eigenvalue weighted by Gasteiger charge is 2.17. The fourth-order valence-corrected chi connectivity index (χ4v) is 4.09. The Morgan fingerprint density at radius 1 is 0.500 bits per heavy atom. The van der Waals surface area contributed by atoms with Gasteiger partial charge in [-0.05, 0) is 48.5 Å². The van der Waals surface area contributed by atoms with E-state index in [4.69, 9.17) is 23.2 Å². The first-order chi connectivity index (χ1) is 15.3. The molecule has 2 heterocycles. The molecule has 2 aromatic heterocycles. The summed E-state index contributed by atoms with van der Waals surface area (Å²) >= 11 is 12.6. The van der Waals surface area contributed by atoms with Crippen LogP contribution < -0.4 is 0 Å². The monoisotopic (exact) mass is 472 g/mol. The maximum atomic E-state index is 14.3. The zero-order valence-corrected chi connectivity index (χ0v) is 17.4. The fraction of sp³-hybridized carbons (Fsp3) is 0. The molecule has 3 aromatic carbocycles. The van der Waals surface area contributed by atoms with E-state index in [2.05, 4.69) is 9.97 Å². The summed E-state index contributed by atoms with van der Waals surface area (Å²) in [5.74, 6) is -2.50. The van der Waals surface area contributed by atoms with Crippen molar-refractivity contribution < 1.29 is 17.6 Å². The molecule has 32 heavy (non-hydrogen) atoms. The summed E-state index contributed by atoms with van der Waals surface area (Å²) < 4.78 is 55.9. The van der Waals surface area contributed by atoms with E-state index in [0.717, 1.165) is 36.4 Å². The average Bonchev–Trinajstić information content (AvgIpc) is 2.76. The lowest BCUT2D eigenvalue weighted by Crippen LogP contribution is -1.94. The summed E-state index contributed by atoms with van der Waals surface area (Å²) in [6, 6.07) is 12.7. The Bertz CT molecular complexity index is 1440. The van der Waals surface area contributed by atoms with Crippen molar-refractivity contribution in [2.75, 3.05) is 0 Å². The minimum absolute atomic E-state index is 0.0209. The molecule has 0 amide bonds. The van der Waals surface area contributed by atoms with Gasteiger partial charge in [0.05, 0.1) is 11.0 Å². The van der Waals surface area contributed by atoms with Crippen LogP contribution in [0.1, 0.15) is 0 Å². The van der Waals surface area contributed by atoms with Gasteiger partial charge in [0.15, 0.2) is 0 Å². The topological polar surface area (TPSA) is 25.8 Å². The first kappa shape index (κ1) is 20.7. The first-order valence-electron chi connectivity index (χ1n) is 9.32. The van der Waals surface area contributed by atoms with Crippen molar-refractivity contribution in [1.82, 2.24) is 9.97 Å². The van der Waals surface area contributed by atoms with Gasteiger partial charge in [0.25, 0.3) is 0 Å². The third kappa shape index (κ3) is 3.45. The highest BCUT2D eigenvalue weighted by molar-refractivity contribution is 6.34. The van der Waals surface area contributed by atoms with Crippen LogP contribution in [0.25, 0.3) is 44.1 Å². The van der Waals surface area contributed by atoms with Gasteiger partial charge in [0.1, 0.15) is 33.6 Å². The predicted molar refractivity (Wildman–Crippen MR) is 118 cm³/mol. The molecule has 0 spiro atoms. The number of hydrogen-bond acceptors (Lipinski definition) is 2. The van der Waals surface area contributed by atoms with E-state index in [-0.39, 0.29) is 32.6 Å². The highest BCUT2D eigenvalue weighted by atomic mass is 35.5. The second-order valence-electron chi connectivity index (χ2n) is 7.11. The van der Waals surface area contributed by atoms with Crippen LogP contribution in [0.2, 0.25) is 10.3 Å². The Kier molecular flexibility index (Phi) is 4.99. The molecular weight excluding hydrogens is 463 g/mol. The summed E-state index contributed by atoms with van der Waals surface area (Å²) in [6.45, 7) is 0. The van der Waals surface area contributed by atoms with E-state index < -0.39 is 23.3 Å². The molecule has 0 atom stereocenters. The Morgan fingerprint density at radius 2 is 0.906 bits per heavy atom. The number of fused-ring (bicyclic) bond motifs is 3. The van der Waals surface area contributed by atoms with E-state index in [1.165, 1.54) is 0 Å². The van der Waals surface area contributed by atoms with Gasteiger partial charge in [-0.1, -0.05) is 35.3 Å². The minimum Gasteiger partial charge on any atom is -0.233 e. The number of rotatable bonds is 2. The van der Waals surface area contributed by atoms with E-state index in [1.54, 1.807) is 24.3 Å². The van der Waals surface area contributed by atoms with Gasteiger partial charge in [-0.15, -0.1) is 0 Å². The molecule has 5 rings (SSSR count). The molecule has 8 heteroatoms. The normalized spacial score (nSPS) is 11.4. The van der Waals surface area contributed by atoms with Crippen LogP contribution in [0, 0.1) is 23.3 Å². The summed E-state index contributed by atoms with van der Waals surface area (Å²) in [6.07, 6.45) is 0. The molecule has 0 bridgehead atoms. The highest BCUT2D eigenvalue weighted by Crippen LogP contribution is 2.37. The van der Waals surface area contributed by atoms with Crippen LogP contribution in [-0.2, 0) is 0 Å². The van der Waals surface area contributed by atoms with Crippen molar-refractivity contribution in [1.29, 1.82) is 0 Å². The molecule has 0 unspecified atom stereocenters. The lowest BCUT2D eigenvalue weighted by Gasteiger charge is -2.11. The van der Waals surface area contributed by atoms with E-state index in [0.29, 0.717) is 21.8 Å². The summed E-state index contributed by atoms with van der Waals surface area (Å²) in [5, 5.41) is 1.03. The number of benzene rings is 3. The number of nitrogens with zero attached hydrogens (tertiary/aromatic N) is 2. The quantitative estimate of drug-likeness (QED) is 0.148. The van der Waals surface area contributed by atoms with Crippen LogP contribution >= 0.6 is 23.2 Å². The maximum absolute atomic E-state index is 14.3. The van der Waals surface area contributed by atoms with Crippen LogP contribution in [-0.4, -0.2) is 9.97 Å². The van der Waals surface area contributed by atoms with Crippen LogP contribution in [0.15, 0.2) is 60.7 Å². The van der Waals surface area contributed by atoms with E-state index in [1.807, 2.05) is 0 Å². The molecule has 2 nitrogen and oxygen atoms in total. The molecule has 0 aliphatic rings. The van der Waals surface area contributed by atoms with Gasteiger partial charge in [-0.25, -0.2) is 27.5 Å². The van der Waals surface area contributed by atoms with Gasteiger partial charge in [-0.3, -0.25) is 0 Å². The van der Waals surface area contributed by atoms with Crippen LogP contribution in [0.5, 0.6) is 0 Å². The Balaban J connectivity index is 1.74. The lowest BCUT2D eigenvalue weighted by atomic mass is 10.0. The fourth-order valence-electron chi connectivity index (χ4n) is 3.61. The van der Waals surface area contributed by atoms with Gasteiger partial charge in [0.2, 0.25) is 0 Å². The number of aromatic nitrogens is 2. The first-order valence-corrected chi connectivity index (χ1v) is 10.1. The summed E-state index contributed by atoms with van der Waals surface area (Å²) in [7, 11) is 0. The molecule has 5 aromatic rings. The van der Waals surface area contributed by atoms with E-state index >= 15 is 0 Å². The minimum atomic E-state index is -0.641. The van der Waals surface area contributed by atoms with Crippen molar-refractivity contribution in [3.63, 3.8) is 0 Å². The van der Waals surface area contributed by atoms with Crippen LogP contribution in [0.4, 0.5) is 17.6 Å². The maximum Gasteiger partial charge on any atom is 0.137 e. The smallest absolute Gasteiger partial charge is 0.137 e. The Morgan fingerprint density at radius 3 is 1.31 bits per heavy atom. The van der Waals surface area contributed by atoms with Gasteiger partial charge in [0, 0.05) is 33.0 Å². The number of pyridine rings is 2. The molecule has 0 fully saturated rings. The average molecular weight is 473 g/mol. The van der Waals surface area contributed by atoms with Crippen molar-refractivity contribution in [3.8, 4) is 22.3 Å². The molecule has 158 valence electrons. The second-order valence-corrected chi connectivity index (χ2v) is 7.83. The molecular formula is C24H10Cl2F4N2. The zero-order chi connectivity index (χ0) is 22.6. The zero-order valence-electron chi connectivity index (χ0n) is 15.9. The molecule has 0 radical (unpaired) electrons. The largest absolute Gasteiger partial charge is 0.233 e. The van der Waals surface area contributed by atoms with Gasteiger partial charge >= 0.3 is 0 Å². The van der Waals surface area contributed by atoms with Gasteiger partial charge < -0.3 is 0 Å². The van der Waals surface area contributed by atoms with Crippen molar-refractivity contribution >= 4 is 45.0 Å². The number of hydrogen-bond donors (Lipinski definition) is 0. The van der Waals surface area contributed by atoms with Crippen LogP contribution in [0.3, 0.4) is 0 Å². The third-order valence-electron chi connectivity index (χ3n) is 5.11.